The first-order valence-corrected chi connectivity index (χ1v) is 4.13. The molecule has 0 aliphatic carbocycles. The highest BCUT2D eigenvalue weighted by Gasteiger charge is 1.97. The highest BCUT2D eigenvalue weighted by molar-refractivity contribution is 5.71. The molecule has 1 aromatic rings. The van der Waals surface area contributed by atoms with E-state index in [1.54, 1.807) is 0 Å². The minimum absolute atomic E-state index is 0.186. The Hall–Kier alpha value is -1.35. The van der Waals surface area contributed by atoms with Crippen LogP contribution >= 0.6 is 0 Å². The molecule has 0 fully saturated rings. The van der Waals surface area contributed by atoms with Crippen LogP contribution in [-0.4, -0.2) is 5.91 Å². The smallest absolute Gasteiger partial charge is 0.240 e. The molecule has 0 aromatic heterocycles. The fourth-order valence-electron chi connectivity index (χ4n) is 0.988. The van der Waals surface area contributed by atoms with Gasteiger partial charge < -0.3 is 0 Å². The second-order valence-electron chi connectivity index (χ2n) is 2.87. The molecule has 0 heterocycles. The summed E-state index contributed by atoms with van der Waals surface area (Å²) in [5, 5.41) is 0. The van der Waals surface area contributed by atoms with E-state index in [1.165, 1.54) is 6.92 Å². The Balaban J connectivity index is 2.45. The highest BCUT2D eigenvalue weighted by Crippen LogP contribution is 2.07. The lowest BCUT2D eigenvalue weighted by Gasteiger charge is -2.05. The molecule has 3 heteroatoms. The summed E-state index contributed by atoms with van der Waals surface area (Å²) in [5.41, 5.74) is 4.52. The number of hydrogen-bond donors (Lipinski definition) is 1. The summed E-state index contributed by atoms with van der Waals surface area (Å²) >= 11 is 0. The molecule has 70 valence electrons. The second kappa shape index (κ2) is 4.62. The van der Waals surface area contributed by atoms with E-state index in [0.29, 0.717) is 6.61 Å². The zero-order valence-corrected chi connectivity index (χ0v) is 7.83. The molecule has 0 bridgehead atoms. The maximum Gasteiger partial charge on any atom is 0.240 e. The zero-order chi connectivity index (χ0) is 9.68. The largest absolute Gasteiger partial charge is 0.273 e. The summed E-state index contributed by atoms with van der Waals surface area (Å²) in [6.45, 7) is 3.83. The van der Waals surface area contributed by atoms with Gasteiger partial charge in [0, 0.05) is 6.92 Å². The molecule has 1 N–H and O–H groups in total. The van der Waals surface area contributed by atoms with Gasteiger partial charge in [0.05, 0.1) is 0 Å². The first-order valence-electron chi connectivity index (χ1n) is 4.13. The van der Waals surface area contributed by atoms with Gasteiger partial charge in [-0.3, -0.25) is 9.63 Å². The Kier molecular flexibility index (Phi) is 3.46. The summed E-state index contributed by atoms with van der Waals surface area (Å²) < 4.78 is 0. The number of nitrogens with one attached hydrogen (secondary N) is 1. The Morgan fingerprint density at radius 2 is 2.15 bits per heavy atom. The van der Waals surface area contributed by atoms with Crippen LogP contribution < -0.4 is 5.48 Å². The predicted molar refractivity (Wildman–Crippen MR) is 49.8 cm³/mol. The summed E-state index contributed by atoms with van der Waals surface area (Å²) in [6.07, 6.45) is 0. The van der Waals surface area contributed by atoms with Crippen LogP contribution in [0.25, 0.3) is 0 Å². The van der Waals surface area contributed by atoms with Crippen molar-refractivity contribution in [1.82, 2.24) is 5.48 Å². The monoisotopic (exact) mass is 179 g/mol. The van der Waals surface area contributed by atoms with Gasteiger partial charge in [0.2, 0.25) is 5.91 Å². The van der Waals surface area contributed by atoms with E-state index in [2.05, 4.69) is 5.48 Å². The second-order valence-corrected chi connectivity index (χ2v) is 2.87. The molecule has 1 rings (SSSR count). The average Bonchev–Trinajstić information content (AvgIpc) is 2.08. The molecule has 0 aliphatic rings. The van der Waals surface area contributed by atoms with Crippen molar-refractivity contribution in [3.8, 4) is 0 Å². The van der Waals surface area contributed by atoms with Crippen LogP contribution in [0.2, 0.25) is 0 Å². The van der Waals surface area contributed by atoms with Crippen molar-refractivity contribution in [3.05, 3.63) is 35.4 Å². The summed E-state index contributed by atoms with van der Waals surface area (Å²) in [6, 6.07) is 7.89. The third kappa shape index (κ3) is 3.25. The van der Waals surface area contributed by atoms with Crippen molar-refractivity contribution >= 4 is 5.91 Å². The molecule has 0 unspecified atom stereocenters. The number of carbonyl (C=O) groups excluding carboxylic acids is 1. The maximum absolute atomic E-state index is 10.5. The van der Waals surface area contributed by atoms with Gasteiger partial charge in [-0.15, -0.1) is 0 Å². The zero-order valence-electron chi connectivity index (χ0n) is 7.83. The summed E-state index contributed by atoms with van der Waals surface area (Å²) in [4.78, 5) is 15.4. The van der Waals surface area contributed by atoms with E-state index in [0.717, 1.165) is 11.1 Å². The van der Waals surface area contributed by atoms with E-state index in [1.807, 2.05) is 31.2 Å². The predicted octanol–water partition coefficient (Wildman–Crippen LogP) is 1.56. The number of carbonyl (C=O) groups is 1. The van der Waals surface area contributed by atoms with Gasteiger partial charge in [-0.1, -0.05) is 24.3 Å². The van der Waals surface area contributed by atoms with Crippen LogP contribution in [-0.2, 0) is 16.2 Å². The third-order valence-corrected chi connectivity index (χ3v) is 1.70. The number of benzene rings is 1. The van der Waals surface area contributed by atoms with Crippen LogP contribution in [0.5, 0.6) is 0 Å². The van der Waals surface area contributed by atoms with Crippen molar-refractivity contribution in [2.24, 2.45) is 0 Å². The summed E-state index contributed by atoms with van der Waals surface area (Å²) in [7, 11) is 0. The quantitative estimate of drug-likeness (QED) is 0.715. The molecular formula is C10H13NO2. The Bertz CT molecular complexity index is 297. The lowest BCUT2D eigenvalue weighted by Crippen LogP contribution is -2.20. The number of hydrogen-bond acceptors (Lipinski definition) is 2. The molecule has 13 heavy (non-hydrogen) atoms. The van der Waals surface area contributed by atoms with Crippen molar-refractivity contribution in [2.45, 2.75) is 20.5 Å². The molecule has 0 saturated heterocycles. The van der Waals surface area contributed by atoms with Gasteiger partial charge in [0.15, 0.2) is 0 Å². The Morgan fingerprint density at radius 3 is 2.77 bits per heavy atom. The lowest BCUT2D eigenvalue weighted by atomic mass is 10.1. The van der Waals surface area contributed by atoms with Crippen LogP contribution in [0.3, 0.4) is 0 Å². The van der Waals surface area contributed by atoms with Gasteiger partial charge in [0.1, 0.15) is 6.61 Å². The van der Waals surface area contributed by atoms with E-state index in [4.69, 9.17) is 4.84 Å². The molecule has 0 saturated carbocycles. The van der Waals surface area contributed by atoms with Crippen LogP contribution in [0, 0.1) is 6.92 Å². The number of hydroxylamine groups is 1. The van der Waals surface area contributed by atoms with Crippen molar-refractivity contribution in [3.63, 3.8) is 0 Å². The molecule has 1 aromatic carbocycles. The van der Waals surface area contributed by atoms with Crippen molar-refractivity contribution in [1.29, 1.82) is 0 Å². The van der Waals surface area contributed by atoms with Gasteiger partial charge in [-0.25, -0.2) is 5.48 Å². The highest BCUT2D eigenvalue weighted by atomic mass is 16.6. The standard InChI is InChI=1S/C10H13NO2/c1-8-5-3-4-6-10(8)7-13-11-9(2)12/h3-6H,7H2,1-2H3,(H,11,12). The molecule has 0 aliphatic heterocycles. The molecule has 1 amide bonds. The van der Waals surface area contributed by atoms with Crippen LogP contribution in [0.15, 0.2) is 24.3 Å². The van der Waals surface area contributed by atoms with E-state index in [9.17, 15) is 4.79 Å². The fraction of sp³-hybridized carbons (Fsp3) is 0.300. The van der Waals surface area contributed by atoms with Crippen LogP contribution in [0.4, 0.5) is 0 Å². The molecule has 3 nitrogen and oxygen atoms in total. The topological polar surface area (TPSA) is 38.3 Å². The Morgan fingerprint density at radius 1 is 1.46 bits per heavy atom. The van der Waals surface area contributed by atoms with E-state index >= 15 is 0 Å². The van der Waals surface area contributed by atoms with E-state index < -0.39 is 0 Å². The SMILES string of the molecule is CC(=O)NOCc1ccccc1C. The normalized spacial score (nSPS) is 9.69. The molecule has 0 spiro atoms. The molecular weight excluding hydrogens is 166 g/mol. The number of rotatable bonds is 3. The number of amides is 1. The third-order valence-electron chi connectivity index (χ3n) is 1.70. The number of aryl methyl sites for hydroxylation is 1. The van der Waals surface area contributed by atoms with Gasteiger partial charge in [-0.05, 0) is 18.1 Å². The van der Waals surface area contributed by atoms with Crippen molar-refractivity contribution in [2.75, 3.05) is 0 Å². The lowest BCUT2D eigenvalue weighted by molar-refractivity contribution is -0.132. The first kappa shape index (κ1) is 9.74. The first-order chi connectivity index (χ1) is 6.20. The minimum Gasteiger partial charge on any atom is -0.273 e. The molecule has 0 atom stereocenters. The Labute approximate surface area is 77.7 Å². The van der Waals surface area contributed by atoms with Gasteiger partial charge >= 0.3 is 0 Å². The fourth-order valence-corrected chi connectivity index (χ4v) is 0.988. The van der Waals surface area contributed by atoms with Gasteiger partial charge in [-0.2, -0.15) is 0 Å². The minimum atomic E-state index is -0.186. The maximum atomic E-state index is 10.5. The summed E-state index contributed by atoms with van der Waals surface area (Å²) in [5.74, 6) is -0.186. The van der Waals surface area contributed by atoms with Crippen LogP contribution in [0.1, 0.15) is 18.1 Å². The van der Waals surface area contributed by atoms with E-state index in [-0.39, 0.29) is 5.91 Å². The molecule has 0 radical (unpaired) electrons. The average molecular weight is 179 g/mol. The van der Waals surface area contributed by atoms with Gasteiger partial charge in [0.25, 0.3) is 0 Å². The van der Waals surface area contributed by atoms with Crippen molar-refractivity contribution < 1.29 is 9.63 Å².